The molecule has 0 atom stereocenters. The molecule has 2 N–H and O–H groups in total. The van der Waals surface area contributed by atoms with Crippen molar-refractivity contribution in [3.63, 3.8) is 0 Å². The number of amides is 2. The fraction of sp³-hybridized carbons (Fsp3) is 0.312. The van der Waals surface area contributed by atoms with E-state index in [-0.39, 0.29) is 6.03 Å². The minimum Gasteiger partial charge on any atom is -0.491 e. The van der Waals surface area contributed by atoms with Gasteiger partial charge in [0.05, 0.1) is 19.4 Å². The summed E-state index contributed by atoms with van der Waals surface area (Å²) in [5.41, 5.74) is 2.30. The van der Waals surface area contributed by atoms with E-state index in [1.54, 1.807) is 12.3 Å². The van der Waals surface area contributed by atoms with Crippen LogP contribution in [0.5, 0.6) is 5.75 Å². The molecule has 0 bridgehead atoms. The second kappa shape index (κ2) is 7.38. The first kappa shape index (κ1) is 15.0. The third kappa shape index (κ3) is 4.87. The standard InChI is InChI=1S/C16H20N2O3/c1-12-5-6-15(13(2)10-12)21-9-7-17-16(19)18-11-14-4-3-8-20-14/h3-6,8,10H,7,9,11H2,1-2H3,(H2,17,18,19). The molecular formula is C16H20N2O3. The van der Waals surface area contributed by atoms with E-state index in [2.05, 4.69) is 16.7 Å². The minimum absolute atomic E-state index is 0.240. The smallest absolute Gasteiger partial charge is 0.315 e. The second-order valence-electron chi connectivity index (χ2n) is 4.81. The molecule has 2 amide bonds. The Morgan fingerprint density at radius 2 is 2.10 bits per heavy atom. The first-order valence-corrected chi connectivity index (χ1v) is 6.89. The van der Waals surface area contributed by atoms with Crippen molar-refractivity contribution in [1.82, 2.24) is 10.6 Å². The summed E-state index contributed by atoms with van der Waals surface area (Å²) in [5, 5.41) is 5.43. The van der Waals surface area contributed by atoms with Crippen LogP contribution in [-0.4, -0.2) is 19.2 Å². The van der Waals surface area contributed by atoms with Crippen molar-refractivity contribution in [2.45, 2.75) is 20.4 Å². The number of furan rings is 1. The molecule has 0 unspecified atom stereocenters. The van der Waals surface area contributed by atoms with Crippen LogP contribution in [0.4, 0.5) is 4.79 Å². The van der Waals surface area contributed by atoms with Crippen LogP contribution in [0.15, 0.2) is 41.0 Å². The van der Waals surface area contributed by atoms with Crippen molar-refractivity contribution in [3.05, 3.63) is 53.5 Å². The topological polar surface area (TPSA) is 63.5 Å². The summed E-state index contributed by atoms with van der Waals surface area (Å²) in [6, 6.07) is 9.37. The molecule has 0 spiro atoms. The van der Waals surface area contributed by atoms with Gasteiger partial charge >= 0.3 is 6.03 Å². The van der Waals surface area contributed by atoms with Gasteiger partial charge in [-0.2, -0.15) is 0 Å². The lowest BCUT2D eigenvalue weighted by molar-refractivity contribution is 0.235. The van der Waals surface area contributed by atoms with E-state index in [0.29, 0.717) is 19.7 Å². The summed E-state index contributed by atoms with van der Waals surface area (Å²) in [6.45, 7) is 5.29. The van der Waals surface area contributed by atoms with Gasteiger partial charge in [-0.15, -0.1) is 0 Å². The molecule has 0 aliphatic heterocycles. The highest BCUT2D eigenvalue weighted by molar-refractivity contribution is 5.73. The van der Waals surface area contributed by atoms with Gasteiger partial charge in [0.25, 0.3) is 0 Å². The maximum atomic E-state index is 11.5. The van der Waals surface area contributed by atoms with Gasteiger partial charge < -0.3 is 19.8 Å². The number of benzene rings is 1. The average molecular weight is 288 g/mol. The van der Waals surface area contributed by atoms with E-state index < -0.39 is 0 Å². The van der Waals surface area contributed by atoms with E-state index >= 15 is 0 Å². The lowest BCUT2D eigenvalue weighted by atomic mass is 10.1. The van der Waals surface area contributed by atoms with Crippen molar-refractivity contribution >= 4 is 6.03 Å². The Hall–Kier alpha value is -2.43. The Morgan fingerprint density at radius 1 is 1.24 bits per heavy atom. The van der Waals surface area contributed by atoms with Crippen LogP contribution in [-0.2, 0) is 6.54 Å². The third-order valence-electron chi connectivity index (χ3n) is 2.98. The summed E-state index contributed by atoms with van der Waals surface area (Å²) < 4.78 is 10.8. The molecular weight excluding hydrogens is 268 g/mol. The van der Waals surface area contributed by atoms with Crippen LogP contribution in [0.1, 0.15) is 16.9 Å². The fourth-order valence-corrected chi connectivity index (χ4v) is 1.93. The molecule has 112 valence electrons. The van der Waals surface area contributed by atoms with Gasteiger partial charge in [0, 0.05) is 0 Å². The van der Waals surface area contributed by atoms with Crippen molar-refractivity contribution in [2.24, 2.45) is 0 Å². The number of ether oxygens (including phenoxy) is 1. The molecule has 0 aliphatic carbocycles. The maximum absolute atomic E-state index is 11.5. The van der Waals surface area contributed by atoms with E-state index in [1.807, 2.05) is 32.0 Å². The number of hydrogen-bond donors (Lipinski definition) is 2. The number of rotatable bonds is 6. The SMILES string of the molecule is Cc1ccc(OCCNC(=O)NCc2ccco2)c(C)c1. The molecule has 0 radical (unpaired) electrons. The number of hydrogen-bond acceptors (Lipinski definition) is 3. The molecule has 2 aromatic rings. The van der Waals surface area contributed by atoms with Gasteiger partial charge in [-0.05, 0) is 37.6 Å². The number of aryl methyl sites for hydroxylation is 2. The number of urea groups is 1. The monoisotopic (exact) mass is 288 g/mol. The van der Waals surface area contributed by atoms with Crippen molar-refractivity contribution in [3.8, 4) is 5.75 Å². The summed E-state index contributed by atoms with van der Waals surface area (Å²) in [5.74, 6) is 1.56. The molecule has 1 aromatic heterocycles. The summed E-state index contributed by atoms with van der Waals surface area (Å²) in [6.07, 6.45) is 1.58. The quantitative estimate of drug-likeness (QED) is 0.803. The normalized spacial score (nSPS) is 10.2. The Balaban J connectivity index is 1.64. The Morgan fingerprint density at radius 3 is 2.81 bits per heavy atom. The Bertz CT molecular complexity index is 579. The van der Waals surface area contributed by atoms with Crippen LogP contribution in [0, 0.1) is 13.8 Å². The molecule has 1 heterocycles. The zero-order chi connectivity index (χ0) is 15.1. The van der Waals surface area contributed by atoms with Crippen molar-refractivity contribution in [1.29, 1.82) is 0 Å². The van der Waals surface area contributed by atoms with Crippen LogP contribution >= 0.6 is 0 Å². The molecule has 5 nitrogen and oxygen atoms in total. The first-order chi connectivity index (χ1) is 10.1. The lowest BCUT2D eigenvalue weighted by Crippen LogP contribution is -2.37. The van der Waals surface area contributed by atoms with Crippen molar-refractivity contribution in [2.75, 3.05) is 13.2 Å². The largest absolute Gasteiger partial charge is 0.491 e. The summed E-state index contributed by atoms with van der Waals surface area (Å²) >= 11 is 0. The van der Waals surface area contributed by atoms with Gasteiger partial charge in [0.15, 0.2) is 0 Å². The molecule has 0 fully saturated rings. The van der Waals surface area contributed by atoms with Crippen LogP contribution in [0.2, 0.25) is 0 Å². The fourth-order valence-electron chi connectivity index (χ4n) is 1.93. The predicted octanol–water partition coefficient (Wildman–Crippen LogP) is 2.77. The van der Waals surface area contributed by atoms with E-state index in [4.69, 9.17) is 9.15 Å². The highest BCUT2D eigenvalue weighted by Gasteiger charge is 2.02. The lowest BCUT2D eigenvalue weighted by Gasteiger charge is -2.10. The van der Waals surface area contributed by atoms with Crippen LogP contribution < -0.4 is 15.4 Å². The molecule has 5 heteroatoms. The van der Waals surface area contributed by atoms with E-state index in [0.717, 1.165) is 17.1 Å². The maximum Gasteiger partial charge on any atom is 0.315 e. The van der Waals surface area contributed by atoms with Gasteiger partial charge in [0.1, 0.15) is 18.1 Å². The molecule has 1 aromatic carbocycles. The van der Waals surface area contributed by atoms with Gasteiger partial charge in [0.2, 0.25) is 0 Å². The zero-order valence-electron chi connectivity index (χ0n) is 12.3. The highest BCUT2D eigenvalue weighted by atomic mass is 16.5. The Kier molecular flexibility index (Phi) is 5.26. The summed E-state index contributed by atoms with van der Waals surface area (Å²) in [4.78, 5) is 11.5. The zero-order valence-corrected chi connectivity index (χ0v) is 12.3. The molecule has 2 rings (SSSR count). The molecule has 0 aliphatic rings. The second-order valence-corrected chi connectivity index (χ2v) is 4.81. The van der Waals surface area contributed by atoms with E-state index in [9.17, 15) is 4.79 Å². The molecule has 21 heavy (non-hydrogen) atoms. The van der Waals surface area contributed by atoms with E-state index in [1.165, 1.54) is 5.56 Å². The first-order valence-electron chi connectivity index (χ1n) is 6.89. The number of carbonyl (C=O) groups excluding carboxylic acids is 1. The highest BCUT2D eigenvalue weighted by Crippen LogP contribution is 2.18. The van der Waals surface area contributed by atoms with Gasteiger partial charge in [-0.3, -0.25) is 0 Å². The van der Waals surface area contributed by atoms with Gasteiger partial charge in [-0.1, -0.05) is 17.7 Å². The molecule has 0 saturated heterocycles. The van der Waals surface area contributed by atoms with Gasteiger partial charge in [-0.25, -0.2) is 4.79 Å². The number of carbonyl (C=O) groups is 1. The van der Waals surface area contributed by atoms with Crippen LogP contribution in [0.25, 0.3) is 0 Å². The number of nitrogens with one attached hydrogen (secondary N) is 2. The predicted molar refractivity (Wildman–Crippen MR) is 80.4 cm³/mol. The Labute approximate surface area is 124 Å². The molecule has 0 saturated carbocycles. The van der Waals surface area contributed by atoms with Crippen LogP contribution in [0.3, 0.4) is 0 Å². The average Bonchev–Trinajstić information content (AvgIpc) is 2.96. The minimum atomic E-state index is -0.240. The summed E-state index contributed by atoms with van der Waals surface area (Å²) in [7, 11) is 0. The third-order valence-corrected chi connectivity index (χ3v) is 2.98. The van der Waals surface area contributed by atoms with Crippen molar-refractivity contribution < 1.29 is 13.9 Å².